The number of anilines is 1. The van der Waals surface area contributed by atoms with Crippen LogP contribution in [0.15, 0.2) is 60.7 Å². The summed E-state index contributed by atoms with van der Waals surface area (Å²) >= 11 is 0. The molecule has 326 valence electrons. The Balaban J connectivity index is 1.11. The third-order valence-corrected chi connectivity index (χ3v) is 11.7. The molecule has 2 aromatic heterocycles. The molecule has 3 N–H and O–H groups in total. The Bertz CT molecular complexity index is 2230. The first-order valence-electron chi connectivity index (χ1n) is 20.9. The average molecular weight is 846 g/mol. The van der Waals surface area contributed by atoms with Crippen molar-refractivity contribution >= 4 is 41.4 Å². The summed E-state index contributed by atoms with van der Waals surface area (Å²) in [4.78, 5) is 90.6. The second-order valence-corrected chi connectivity index (χ2v) is 16.5. The molecule has 6 rings (SSSR count). The van der Waals surface area contributed by atoms with E-state index in [1.165, 1.54) is 14.2 Å². The van der Waals surface area contributed by atoms with Crippen LogP contribution in [0.4, 0.5) is 15.3 Å². The Morgan fingerprint density at radius 1 is 0.645 bits per heavy atom. The first-order chi connectivity index (χ1) is 29.6. The molecule has 2 aromatic carbocycles. The normalized spacial score (nSPS) is 14.3. The second kappa shape index (κ2) is 19.4. The molecule has 4 aromatic rings. The number of amides is 5. The molecule has 2 aliphatic heterocycles. The average Bonchev–Trinajstić information content (AvgIpc) is 3.27. The standard InChI is InChI=1S/C47H55N7O8/c1-26(2)41(51-46(59)61-7)44(57)53-21-19-36-31(24-53)15-17-38(48-36)40(55)23-30-11-9-12-33(28(30)5)34-13-10-14-35(29(34)6)50-43(56)39-18-16-32-25-54(22-20-37(32)49-39)45(58)42(27(3)4)52-47(60)62-8/h9-18,26-27,41-42H,19-25H2,1-8H3,(H,50,56)(H,51,59)(H,52,60)/t41-,42-/m0/s1. The van der Waals surface area contributed by atoms with Crippen LogP contribution < -0.4 is 16.0 Å². The molecule has 5 amide bonds. The lowest BCUT2D eigenvalue weighted by Crippen LogP contribution is -2.52. The zero-order valence-corrected chi connectivity index (χ0v) is 36.6. The van der Waals surface area contributed by atoms with Gasteiger partial charge in [0.05, 0.1) is 14.2 Å². The van der Waals surface area contributed by atoms with Crippen LogP contribution in [0, 0.1) is 25.7 Å². The minimum Gasteiger partial charge on any atom is -0.453 e. The number of ketones is 1. The molecule has 0 saturated carbocycles. The molecule has 2 aliphatic rings. The van der Waals surface area contributed by atoms with Crippen molar-refractivity contribution in [1.29, 1.82) is 0 Å². The first-order valence-corrected chi connectivity index (χ1v) is 20.9. The van der Waals surface area contributed by atoms with Crippen LogP contribution in [0.1, 0.15) is 87.9 Å². The van der Waals surface area contributed by atoms with Gasteiger partial charge in [0.15, 0.2) is 5.78 Å². The number of rotatable bonds is 12. The lowest BCUT2D eigenvalue weighted by atomic mass is 9.91. The third kappa shape index (κ3) is 9.93. The Labute approximate surface area is 362 Å². The lowest BCUT2D eigenvalue weighted by molar-refractivity contribution is -0.136. The predicted molar refractivity (Wildman–Crippen MR) is 232 cm³/mol. The quantitative estimate of drug-likeness (QED) is 0.143. The fourth-order valence-corrected chi connectivity index (χ4v) is 7.96. The van der Waals surface area contributed by atoms with E-state index >= 15 is 0 Å². The van der Waals surface area contributed by atoms with Gasteiger partial charge in [-0.2, -0.15) is 0 Å². The number of hydrogen-bond donors (Lipinski definition) is 3. The van der Waals surface area contributed by atoms with E-state index in [0.29, 0.717) is 50.4 Å². The molecule has 0 saturated heterocycles. The highest BCUT2D eigenvalue weighted by Crippen LogP contribution is 2.33. The van der Waals surface area contributed by atoms with Crippen molar-refractivity contribution in [2.75, 3.05) is 32.6 Å². The third-order valence-electron chi connectivity index (χ3n) is 11.7. The van der Waals surface area contributed by atoms with Gasteiger partial charge in [0, 0.05) is 62.5 Å². The van der Waals surface area contributed by atoms with Crippen LogP contribution in [0.3, 0.4) is 0 Å². The van der Waals surface area contributed by atoms with Crippen LogP contribution in [-0.4, -0.2) is 94.9 Å². The Morgan fingerprint density at radius 3 is 1.65 bits per heavy atom. The van der Waals surface area contributed by atoms with Gasteiger partial charge in [-0.15, -0.1) is 0 Å². The SMILES string of the molecule is COC(=O)N[C@H](C(=O)N1CCc2nc(C(=O)Cc3cccc(-c4cccc(NC(=O)c5ccc6c(n5)CCN(C(=O)[C@@H](NC(=O)OC)C(C)C)C6)c4C)c3C)ccc2C1)C(C)C. The number of benzene rings is 2. The second-order valence-electron chi connectivity index (χ2n) is 16.5. The number of Topliss-reactive ketones (excluding diaryl/α,β-unsaturated/α-hetero) is 1. The number of pyridine rings is 2. The van der Waals surface area contributed by atoms with E-state index in [2.05, 4.69) is 20.9 Å². The zero-order valence-electron chi connectivity index (χ0n) is 36.6. The zero-order chi connectivity index (χ0) is 44.8. The van der Waals surface area contributed by atoms with Crippen molar-refractivity contribution in [1.82, 2.24) is 30.4 Å². The Hall–Kier alpha value is -6.64. The lowest BCUT2D eigenvalue weighted by Gasteiger charge is -2.32. The minimum absolute atomic E-state index is 0.126. The number of aromatic nitrogens is 2. The summed E-state index contributed by atoms with van der Waals surface area (Å²) in [5, 5.41) is 8.32. The van der Waals surface area contributed by atoms with Crippen LogP contribution in [0.5, 0.6) is 0 Å². The maximum Gasteiger partial charge on any atom is 0.407 e. The number of ether oxygens (including phenoxy) is 2. The van der Waals surface area contributed by atoms with Gasteiger partial charge in [-0.05, 0) is 82.8 Å². The first kappa shape index (κ1) is 44.9. The van der Waals surface area contributed by atoms with Gasteiger partial charge >= 0.3 is 12.2 Å². The molecule has 2 atom stereocenters. The van der Waals surface area contributed by atoms with Gasteiger partial charge in [-0.3, -0.25) is 19.2 Å². The van der Waals surface area contributed by atoms with Crippen LogP contribution >= 0.6 is 0 Å². The molecular weight excluding hydrogens is 791 g/mol. The molecule has 4 heterocycles. The van der Waals surface area contributed by atoms with E-state index in [4.69, 9.17) is 14.5 Å². The van der Waals surface area contributed by atoms with E-state index in [9.17, 15) is 28.8 Å². The number of carbonyl (C=O) groups excluding carboxylic acids is 6. The molecule has 0 fully saturated rings. The topological polar surface area (TPSA) is 189 Å². The predicted octanol–water partition coefficient (Wildman–Crippen LogP) is 5.97. The smallest absolute Gasteiger partial charge is 0.407 e. The van der Waals surface area contributed by atoms with E-state index in [-0.39, 0.29) is 47.5 Å². The molecule has 62 heavy (non-hydrogen) atoms. The number of carbonyl (C=O) groups is 6. The summed E-state index contributed by atoms with van der Waals surface area (Å²) < 4.78 is 9.43. The number of hydrogen-bond acceptors (Lipinski definition) is 10. The van der Waals surface area contributed by atoms with Crippen molar-refractivity contribution in [2.24, 2.45) is 11.8 Å². The largest absolute Gasteiger partial charge is 0.453 e. The minimum atomic E-state index is -0.730. The molecular formula is C47H55N7O8. The molecule has 15 heteroatoms. The maximum absolute atomic E-state index is 13.7. The summed E-state index contributed by atoms with van der Waals surface area (Å²) in [5.74, 6) is -1.17. The molecule has 0 spiro atoms. The number of nitrogens with zero attached hydrogens (tertiary/aromatic N) is 4. The van der Waals surface area contributed by atoms with Crippen molar-refractivity contribution < 1.29 is 38.2 Å². The summed E-state index contributed by atoms with van der Waals surface area (Å²) in [5.41, 5.74) is 8.93. The number of nitrogens with one attached hydrogen (secondary N) is 3. The molecule has 0 radical (unpaired) electrons. The molecule has 15 nitrogen and oxygen atoms in total. The van der Waals surface area contributed by atoms with Crippen LogP contribution in [0.25, 0.3) is 11.1 Å². The summed E-state index contributed by atoms with van der Waals surface area (Å²) in [6.07, 6.45) is -0.246. The molecule has 0 aliphatic carbocycles. The van der Waals surface area contributed by atoms with Gasteiger partial charge in [0.25, 0.3) is 5.91 Å². The Morgan fingerprint density at radius 2 is 1.13 bits per heavy atom. The van der Waals surface area contributed by atoms with Gasteiger partial charge in [0.1, 0.15) is 23.5 Å². The van der Waals surface area contributed by atoms with E-state index in [0.717, 1.165) is 50.3 Å². The summed E-state index contributed by atoms with van der Waals surface area (Å²) in [6, 6.07) is 17.1. The maximum atomic E-state index is 13.7. The molecule has 0 bridgehead atoms. The number of alkyl carbamates (subject to hydrolysis) is 2. The van der Waals surface area contributed by atoms with Gasteiger partial charge in [-0.1, -0.05) is 70.2 Å². The molecule has 0 unspecified atom stereocenters. The van der Waals surface area contributed by atoms with Gasteiger partial charge < -0.3 is 35.2 Å². The number of fused-ring (bicyclic) bond motifs is 2. The fourth-order valence-electron chi connectivity index (χ4n) is 7.96. The highest BCUT2D eigenvalue weighted by molar-refractivity contribution is 6.04. The summed E-state index contributed by atoms with van der Waals surface area (Å²) in [7, 11) is 2.52. The van der Waals surface area contributed by atoms with Crippen LogP contribution in [-0.2, 0) is 51.4 Å². The highest BCUT2D eigenvalue weighted by atomic mass is 16.5. The van der Waals surface area contributed by atoms with Crippen molar-refractivity contribution in [2.45, 2.75) is 86.0 Å². The van der Waals surface area contributed by atoms with E-state index < -0.39 is 24.3 Å². The highest BCUT2D eigenvalue weighted by Gasteiger charge is 2.33. The monoisotopic (exact) mass is 845 g/mol. The van der Waals surface area contributed by atoms with E-state index in [1.54, 1.807) is 21.9 Å². The van der Waals surface area contributed by atoms with Crippen molar-refractivity contribution in [3.63, 3.8) is 0 Å². The van der Waals surface area contributed by atoms with Crippen LogP contribution in [0.2, 0.25) is 0 Å². The van der Waals surface area contributed by atoms with Gasteiger partial charge in [0.2, 0.25) is 11.8 Å². The number of methoxy groups -OCH3 is 2. The van der Waals surface area contributed by atoms with E-state index in [1.807, 2.05) is 90.1 Å². The summed E-state index contributed by atoms with van der Waals surface area (Å²) in [6.45, 7) is 12.8. The van der Waals surface area contributed by atoms with Crippen molar-refractivity contribution in [3.05, 3.63) is 111 Å². The van der Waals surface area contributed by atoms with Gasteiger partial charge in [-0.25, -0.2) is 19.6 Å². The Kier molecular flexibility index (Phi) is 14.0. The van der Waals surface area contributed by atoms with Crippen molar-refractivity contribution in [3.8, 4) is 11.1 Å². The fraction of sp³-hybridized carbons (Fsp3) is 0.404.